The number of methoxy groups -OCH3 is 2. The lowest BCUT2D eigenvalue weighted by Crippen LogP contribution is -2.66. The monoisotopic (exact) mass is 420 g/mol. The van der Waals surface area contributed by atoms with Gasteiger partial charge in [0.15, 0.2) is 5.60 Å². The Morgan fingerprint density at radius 1 is 1.03 bits per heavy atom. The minimum absolute atomic E-state index is 0.422. The van der Waals surface area contributed by atoms with Crippen LogP contribution in [-0.4, -0.2) is 71.5 Å². The van der Waals surface area contributed by atoms with Crippen molar-refractivity contribution >= 4 is 0 Å². The van der Waals surface area contributed by atoms with E-state index in [0.717, 1.165) is 16.7 Å². The van der Waals surface area contributed by atoms with Crippen molar-refractivity contribution in [3.63, 3.8) is 0 Å². The molecule has 30 heavy (non-hydrogen) atoms. The Labute approximate surface area is 175 Å². The predicted octanol–water partition coefficient (Wildman–Crippen LogP) is 1.25. The largest absolute Gasteiger partial charge is 0.497 e. The van der Waals surface area contributed by atoms with Crippen molar-refractivity contribution in [2.45, 2.75) is 44.1 Å². The summed E-state index contributed by atoms with van der Waals surface area (Å²) >= 11 is 0. The third-order valence-electron chi connectivity index (χ3n) is 5.39. The van der Waals surface area contributed by atoms with E-state index in [2.05, 4.69) is 0 Å². The molecule has 0 unspecified atom stereocenters. The molecule has 1 saturated heterocycles. The quantitative estimate of drug-likeness (QED) is 0.552. The van der Waals surface area contributed by atoms with E-state index in [-0.39, 0.29) is 0 Å². The Morgan fingerprint density at radius 3 is 2.33 bits per heavy atom. The molecule has 1 aliphatic heterocycles. The first-order valence-electron chi connectivity index (χ1n) is 9.57. The summed E-state index contributed by atoms with van der Waals surface area (Å²) in [6, 6.07) is 10.9. The SMILES string of the molecule is COc1ccc(OC)c(-c2ccc(O[C@H]3O[C@H](CO)[C@@H](O)[C@H](O)[C@]3(C)O)c(C)c2)c1. The summed E-state index contributed by atoms with van der Waals surface area (Å²) in [7, 11) is 3.18. The molecule has 164 valence electrons. The number of aliphatic hydroxyl groups excluding tert-OH is 3. The number of benzene rings is 2. The zero-order valence-corrected chi connectivity index (χ0v) is 17.4. The summed E-state index contributed by atoms with van der Waals surface area (Å²) in [6.07, 6.45) is -5.35. The molecule has 4 N–H and O–H groups in total. The van der Waals surface area contributed by atoms with Crippen LogP contribution < -0.4 is 14.2 Å². The molecule has 5 atom stereocenters. The topological polar surface area (TPSA) is 118 Å². The minimum atomic E-state index is -1.88. The predicted molar refractivity (Wildman–Crippen MR) is 109 cm³/mol. The van der Waals surface area contributed by atoms with E-state index in [9.17, 15) is 20.4 Å². The molecule has 2 aromatic rings. The maximum absolute atomic E-state index is 10.6. The second kappa shape index (κ2) is 8.79. The molecule has 0 aliphatic carbocycles. The Kier molecular flexibility index (Phi) is 6.54. The van der Waals surface area contributed by atoms with Gasteiger partial charge in [0.25, 0.3) is 0 Å². The molecule has 1 aliphatic rings. The van der Waals surface area contributed by atoms with E-state index in [4.69, 9.17) is 18.9 Å². The first-order chi connectivity index (χ1) is 14.2. The minimum Gasteiger partial charge on any atom is -0.497 e. The van der Waals surface area contributed by atoms with Gasteiger partial charge in [0.2, 0.25) is 6.29 Å². The fourth-order valence-electron chi connectivity index (χ4n) is 3.47. The molecule has 0 spiro atoms. The number of hydrogen-bond acceptors (Lipinski definition) is 8. The number of aliphatic hydroxyl groups is 4. The van der Waals surface area contributed by atoms with Crippen molar-refractivity contribution in [3.05, 3.63) is 42.0 Å². The molecule has 0 radical (unpaired) electrons. The van der Waals surface area contributed by atoms with Gasteiger partial charge in [-0.25, -0.2) is 0 Å². The maximum atomic E-state index is 10.6. The van der Waals surface area contributed by atoms with Gasteiger partial charge in [-0.1, -0.05) is 6.07 Å². The zero-order chi connectivity index (χ0) is 22.1. The van der Waals surface area contributed by atoms with Gasteiger partial charge >= 0.3 is 0 Å². The lowest BCUT2D eigenvalue weighted by Gasteiger charge is -2.45. The second-order valence-electron chi connectivity index (χ2n) is 7.51. The van der Waals surface area contributed by atoms with Crippen LogP contribution in [0.5, 0.6) is 17.2 Å². The molecule has 0 amide bonds. The van der Waals surface area contributed by atoms with E-state index >= 15 is 0 Å². The molecule has 1 heterocycles. The number of hydrogen-bond donors (Lipinski definition) is 4. The number of rotatable bonds is 6. The van der Waals surface area contributed by atoms with Gasteiger partial charge in [-0.3, -0.25) is 0 Å². The first kappa shape index (κ1) is 22.3. The molecule has 3 rings (SSSR count). The second-order valence-corrected chi connectivity index (χ2v) is 7.51. The Morgan fingerprint density at radius 2 is 1.73 bits per heavy atom. The third kappa shape index (κ3) is 4.10. The van der Waals surface area contributed by atoms with E-state index in [1.54, 1.807) is 20.3 Å². The maximum Gasteiger partial charge on any atom is 0.231 e. The van der Waals surface area contributed by atoms with E-state index in [0.29, 0.717) is 17.2 Å². The molecule has 0 bridgehead atoms. The third-order valence-corrected chi connectivity index (χ3v) is 5.39. The van der Waals surface area contributed by atoms with Gasteiger partial charge in [-0.2, -0.15) is 0 Å². The molecule has 8 heteroatoms. The molecular weight excluding hydrogens is 392 g/mol. The molecular formula is C22H28O8. The zero-order valence-electron chi connectivity index (χ0n) is 17.4. The van der Waals surface area contributed by atoms with Crippen LogP contribution in [0, 0.1) is 6.92 Å². The highest BCUT2D eigenvalue weighted by Crippen LogP contribution is 2.37. The van der Waals surface area contributed by atoms with Crippen LogP contribution >= 0.6 is 0 Å². The highest BCUT2D eigenvalue weighted by molar-refractivity contribution is 5.73. The van der Waals surface area contributed by atoms with Crippen molar-refractivity contribution in [3.8, 4) is 28.4 Å². The lowest BCUT2D eigenvalue weighted by atomic mass is 9.88. The normalized spacial score (nSPS) is 28.8. The average molecular weight is 420 g/mol. The van der Waals surface area contributed by atoms with Crippen molar-refractivity contribution in [2.75, 3.05) is 20.8 Å². The van der Waals surface area contributed by atoms with Crippen molar-refractivity contribution in [2.24, 2.45) is 0 Å². The standard InChI is InChI=1S/C22H28O8/c1-12-9-13(15-10-14(27-3)6-8-17(15)28-4)5-7-16(12)29-21-22(2,26)20(25)19(24)18(11-23)30-21/h5-10,18-21,23-26H,11H2,1-4H3/t18-,19-,20+,21+,22+/m1/s1. The van der Waals surface area contributed by atoms with Crippen LogP contribution in [0.3, 0.4) is 0 Å². The van der Waals surface area contributed by atoms with Crippen molar-refractivity contribution in [1.29, 1.82) is 0 Å². The van der Waals surface area contributed by atoms with Gasteiger partial charge in [0, 0.05) is 5.56 Å². The van der Waals surface area contributed by atoms with Gasteiger partial charge in [0.1, 0.15) is 35.6 Å². The number of ether oxygens (including phenoxy) is 4. The van der Waals surface area contributed by atoms with Crippen LogP contribution in [0.25, 0.3) is 11.1 Å². The summed E-state index contributed by atoms with van der Waals surface area (Å²) in [4.78, 5) is 0. The first-order valence-corrected chi connectivity index (χ1v) is 9.57. The average Bonchev–Trinajstić information content (AvgIpc) is 2.75. The van der Waals surface area contributed by atoms with E-state index in [1.807, 2.05) is 37.3 Å². The van der Waals surface area contributed by atoms with Gasteiger partial charge in [-0.15, -0.1) is 0 Å². The summed E-state index contributed by atoms with van der Waals surface area (Å²) < 4.78 is 22.1. The van der Waals surface area contributed by atoms with Crippen molar-refractivity contribution in [1.82, 2.24) is 0 Å². The van der Waals surface area contributed by atoms with Gasteiger partial charge in [-0.05, 0) is 55.3 Å². The van der Waals surface area contributed by atoms with Crippen LogP contribution in [-0.2, 0) is 4.74 Å². The molecule has 1 fully saturated rings. The highest BCUT2D eigenvalue weighted by Gasteiger charge is 2.53. The van der Waals surface area contributed by atoms with Gasteiger partial charge < -0.3 is 39.4 Å². The smallest absolute Gasteiger partial charge is 0.231 e. The van der Waals surface area contributed by atoms with E-state index < -0.39 is 36.8 Å². The molecule has 2 aromatic carbocycles. The highest BCUT2D eigenvalue weighted by atomic mass is 16.7. The summed E-state index contributed by atoms with van der Waals surface area (Å²) in [5, 5.41) is 40.2. The molecule has 8 nitrogen and oxygen atoms in total. The summed E-state index contributed by atoms with van der Waals surface area (Å²) in [5.74, 6) is 1.80. The summed E-state index contributed by atoms with van der Waals surface area (Å²) in [5.41, 5.74) is 0.575. The Balaban J connectivity index is 1.89. The van der Waals surface area contributed by atoms with Crippen LogP contribution in [0.1, 0.15) is 12.5 Å². The Bertz CT molecular complexity index is 881. The van der Waals surface area contributed by atoms with Crippen molar-refractivity contribution < 1.29 is 39.4 Å². The van der Waals surface area contributed by atoms with E-state index in [1.165, 1.54) is 6.92 Å². The van der Waals surface area contributed by atoms with Crippen LogP contribution in [0.2, 0.25) is 0 Å². The lowest BCUT2D eigenvalue weighted by molar-refractivity contribution is -0.314. The van der Waals surface area contributed by atoms with Gasteiger partial charge in [0.05, 0.1) is 20.8 Å². The Hall–Kier alpha value is -2.36. The number of aryl methyl sites for hydroxylation is 1. The van der Waals surface area contributed by atoms with Crippen LogP contribution in [0.4, 0.5) is 0 Å². The fourth-order valence-corrected chi connectivity index (χ4v) is 3.47. The fraction of sp³-hybridized carbons (Fsp3) is 0.455. The van der Waals surface area contributed by atoms with Crippen LogP contribution in [0.15, 0.2) is 36.4 Å². The molecule has 0 saturated carbocycles. The molecule has 0 aromatic heterocycles. The summed E-state index contributed by atoms with van der Waals surface area (Å²) in [6.45, 7) is 2.61.